The van der Waals surface area contributed by atoms with Gasteiger partial charge in [-0.25, -0.2) is 4.99 Å². The van der Waals surface area contributed by atoms with Gasteiger partial charge < -0.3 is 15.4 Å². The lowest BCUT2D eigenvalue weighted by Crippen LogP contribution is -2.38. The summed E-state index contributed by atoms with van der Waals surface area (Å²) in [5, 5.41) is 6.74. The van der Waals surface area contributed by atoms with E-state index in [0.29, 0.717) is 13.2 Å². The third-order valence-electron chi connectivity index (χ3n) is 3.68. The van der Waals surface area contributed by atoms with Crippen LogP contribution in [-0.2, 0) is 17.9 Å². The van der Waals surface area contributed by atoms with E-state index in [1.54, 1.807) is 0 Å². The number of guanidine groups is 1. The van der Waals surface area contributed by atoms with E-state index in [2.05, 4.69) is 67.6 Å². The van der Waals surface area contributed by atoms with Crippen molar-refractivity contribution in [1.29, 1.82) is 0 Å². The van der Waals surface area contributed by atoms with Gasteiger partial charge in [0.25, 0.3) is 0 Å². The van der Waals surface area contributed by atoms with E-state index in [1.165, 1.54) is 24.0 Å². The van der Waals surface area contributed by atoms with E-state index in [9.17, 15) is 0 Å². The van der Waals surface area contributed by atoms with Crippen LogP contribution in [0.2, 0.25) is 0 Å². The second-order valence-electron chi connectivity index (χ2n) is 7.24. The van der Waals surface area contributed by atoms with E-state index in [4.69, 9.17) is 4.74 Å². The molecule has 0 heterocycles. The predicted octanol–water partition coefficient (Wildman–Crippen LogP) is 4.08. The Balaban J connectivity index is 0.00000288. The fraction of sp³-hybridized carbons (Fsp3) is 0.632. The SMILES string of the molecule is CCNC(=NCc1cccc(COC(C)(C)C)c1)NCC1CC1.I. The molecular weight excluding hydrogens is 413 g/mol. The van der Waals surface area contributed by atoms with Crippen molar-refractivity contribution in [2.75, 3.05) is 13.1 Å². The highest BCUT2D eigenvalue weighted by molar-refractivity contribution is 14.0. The van der Waals surface area contributed by atoms with E-state index in [1.807, 2.05) is 0 Å². The molecule has 1 fully saturated rings. The Morgan fingerprint density at radius 2 is 1.92 bits per heavy atom. The summed E-state index contributed by atoms with van der Waals surface area (Å²) >= 11 is 0. The number of aliphatic imine (C=N–C) groups is 1. The highest BCUT2D eigenvalue weighted by atomic mass is 127. The van der Waals surface area contributed by atoms with Crippen molar-refractivity contribution in [2.24, 2.45) is 10.9 Å². The van der Waals surface area contributed by atoms with Gasteiger partial charge in [-0.1, -0.05) is 24.3 Å². The molecule has 0 saturated heterocycles. The lowest BCUT2D eigenvalue weighted by atomic mass is 10.1. The highest BCUT2D eigenvalue weighted by Crippen LogP contribution is 2.27. The Morgan fingerprint density at radius 1 is 1.21 bits per heavy atom. The standard InChI is InChI=1S/C19H31N3O.HI/c1-5-20-18(21-12-15-9-10-15)22-13-16-7-6-8-17(11-16)14-23-19(2,3)4;/h6-8,11,15H,5,9-10,12-14H2,1-4H3,(H2,20,21,22);1H. The number of halogens is 1. The third kappa shape index (κ3) is 8.87. The monoisotopic (exact) mass is 445 g/mol. The maximum atomic E-state index is 5.85. The van der Waals surface area contributed by atoms with Crippen LogP contribution in [0.1, 0.15) is 51.7 Å². The van der Waals surface area contributed by atoms with Crippen LogP contribution in [0, 0.1) is 5.92 Å². The first-order valence-electron chi connectivity index (χ1n) is 8.70. The van der Waals surface area contributed by atoms with Crippen molar-refractivity contribution in [3.63, 3.8) is 0 Å². The molecular formula is C19H32IN3O. The molecule has 1 saturated carbocycles. The zero-order valence-electron chi connectivity index (χ0n) is 15.4. The van der Waals surface area contributed by atoms with Gasteiger partial charge in [-0.05, 0) is 57.6 Å². The van der Waals surface area contributed by atoms with Crippen molar-refractivity contribution in [2.45, 2.75) is 59.3 Å². The molecule has 2 rings (SSSR count). The maximum Gasteiger partial charge on any atom is 0.191 e. The summed E-state index contributed by atoms with van der Waals surface area (Å²) in [4.78, 5) is 4.69. The average Bonchev–Trinajstić information content (AvgIpc) is 3.32. The number of nitrogens with one attached hydrogen (secondary N) is 2. The molecule has 1 aromatic carbocycles. The fourth-order valence-electron chi connectivity index (χ4n) is 2.19. The first kappa shape index (κ1) is 21.2. The fourth-order valence-corrected chi connectivity index (χ4v) is 2.19. The van der Waals surface area contributed by atoms with Crippen LogP contribution in [0.3, 0.4) is 0 Å². The van der Waals surface area contributed by atoms with Gasteiger partial charge in [0.1, 0.15) is 0 Å². The minimum atomic E-state index is -0.112. The van der Waals surface area contributed by atoms with Gasteiger partial charge in [-0.2, -0.15) is 0 Å². The summed E-state index contributed by atoms with van der Waals surface area (Å²) in [6.07, 6.45) is 2.70. The third-order valence-corrected chi connectivity index (χ3v) is 3.68. The van der Waals surface area contributed by atoms with Gasteiger partial charge in [-0.15, -0.1) is 24.0 Å². The van der Waals surface area contributed by atoms with Crippen LogP contribution in [0.15, 0.2) is 29.3 Å². The molecule has 2 N–H and O–H groups in total. The molecule has 0 radical (unpaired) electrons. The second kappa shape index (κ2) is 10.2. The minimum absolute atomic E-state index is 0. The number of hydrogen-bond donors (Lipinski definition) is 2. The van der Waals surface area contributed by atoms with Gasteiger partial charge in [0.2, 0.25) is 0 Å². The van der Waals surface area contributed by atoms with E-state index >= 15 is 0 Å². The molecule has 1 aliphatic rings. The molecule has 0 aromatic heterocycles. The lowest BCUT2D eigenvalue weighted by Gasteiger charge is -2.19. The lowest BCUT2D eigenvalue weighted by molar-refractivity contribution is -0.0149. The van der Waals surface area contributed by atoms with E-state index < -0.39 is 0 Å². The Labute approximate surface area is 163 Å². The van der Waals surface area contributed by atoms with Crippen LogP contribution in [0.4, 0.5) is 0 Å². The smallest absolute Gasteiger partial charge is 0.191 e. The zero-order chi connectivity index (χ0) is 16.7. The Morgan fingerprint density at radius 3 is 2.54 bits per heavy atom. The van der Waals surface area contributed by atoms with Crippen molar-refractivity contribution in [1.82, 2.24) is 10.6 Å². The van der Waals surface area contributed by atoms with Crippen molar-refractivity contribution >= 4 is 29.9 Å². The van der Waals surface area contributed by atoms with Crippen molar-refractivity contribution in [3.8, 4) is 0 Å². The summed E-state index contributed by atoms with van der Waals surface area (Å²) < 4.78 is 5.85. The quantitative estimate of drug-likeness (QED) is 0.378. The Bertz CT molecular complexity index is 522. The summed E-state index contributed by atoms with van der Waals surface area (Å²) in [5.41, 5.74) is 2.30. The van der Waals surface area contributed by atoms with Crippen LogP contribution in [0.25, 0.3) is 0 Å². The molecule has 136 valence electrons. The average molecular weight is 445 g/mol. The Kier molecular flexibility index (Phi) is 9.05. The van der Waals surface area contributed by atoms with E-state index in [0.717, 1.165) is 25.0 Å². The molecule has 0 atom stereocenters. The summed E-state index contributed by atoms with van der Waals surface area (Å²) in [5.74, 6) is 1.76. The number of benzene rings is 1. The van der Waals surface area contributed by atoms with Gasteiger partial charge >= 0.3 is 0 Å². The molecule has 5 heteroatoms. The van der Waals surface area contributed by atoms with Gasteiger partial charge in [0, 0.05) is 13.1 Å². The number of ether oxygens (including phenoxy) is 1. The van der Waals surface area contributed by atoms with Gasteiger partial charge in [0.15, 0.2) is 5.96 Å². The number of nitrogens with zero attached hydrogens (tertiary/aromatic N) is 1. The molecule has 0 aliphatic heterocycles. The molecule has 1 aromatic rings. The summed E-state index contributed by atoms with van der Waals surface area (Å²) in [7, 11) is 0. The first-order chi connectivity index (χ1) is 11.0. The number of hydrogen-bond acceptors (Lipinski definition) is 2. The van der Waals surface area contributed by atoms with E-state index in [-0.39, 0.29) is 29.6 Å². The number of rotatable bonds is 7. The van der Waals surface area contributed by atoms with Crippen molar-refractivity contribution in [3.05, 3.63) is 35.4 Å². The predicted molar refractivity (Wildman–Crippen MR) is 112 cm³/mol. The highest BCUT2D eigenvalue weighted by Gasteiger charge is 2.21. The Hall–Kier alpha value is -0.820. The first-order valence-corrected chi connectivity index (χ1v) is 8.70. The topological polar surface area (TPSA) is 45.7 Å². The second-order valence-corrected chi connectivity index (χ2v) is 7.24. The van der Waals surface area contributed by atoms with Crippen LogP contribution >= 0.6 is 24.0 Å². The molecule has 0 bridgehead atoms. The molecule has 4 nitrogen and oxygen atoms in total. The largest absolute Gasteiger partial charge is 0.371 e. The molecule has 24 heavy (non-hydrogen) atoms. The van der Waals surface area contributed by atoms with Crippen LogP contribution < -0.4 is 10.6 Å². The molecule has 1 aliphatic carbocycles. The van der Waals surface area contributed by atoms with Crippen LogP contribution in [-0.4, -0.2) is 24.7 Å². The summed E-state index contributed by atoms with van der Waals surface area (Å²) in [6.45, 7) is 11.6. The zero-order valence-corrected chi connectivity index (χ0v) is 17.7. The van der Waals surface area contributed by atoms with Crippen LogP contribution in [0.5, 0.6) is 0 Å². The summed E-state index contributed by atoms with van der Waals surface area (Å²) in [6, 6.07) is 8.49. The molecule has 0 spiro atoms. The van der Waals surface area contributed by atoms with Gasteiger partial charge in [-0.3, -0.25) is 0 Å². The molecule has 0 amide bonds. The molecule has 0 unspecified atom stereocenters. The van der Waals surface area contributed by atoms with Gasteiger partial charge in [0.05, 0.1) is 18.8 Å². The normalized spacial score (nSPS) is 14.9. The minimum Gasteiger partial charge on any atom is -0.371 e. The van der Waals surface area contributed by atoms with Crippen molar-refractivity contribution < 1.29 is 4.74 Å². The maximum absolute atomic E-state index is 5.85.